The molecule has 1 N–H and O–H groups in total. The second-order valence-electron chi connectivity index (χ2n) is 8.30. The van der Waals surface area contributed by atoms with Crippen LogP contribution in [0.15, 0.2) is 30.6 Å². The Morgan fingerprint density at radius 1 is 1.26 bits per heavy atom. The highest BCUT2D eigenvalue weighted by atomic mass is 32.1. The van der Waals surface area contributed by atoms with Gasteiger partial charge in [0.1, 0.15) is 6.33 Å². The average Bonchev–Trinajstić information content (AvgIpc) is 3.40. The molecular weight excluding hydrogens is 412 g/mol. The van der Waals surface area contributed by atoms with E-state index in [9.17, 15) is 9.59 Å². The summed E-state index contributed by atoms with van der Waals surface area (Å²) in [5, 5.41) is 15.2. The number of carbonyl (C=O) groups is 2. The molecule has 4 rings (SSSR count). The van der Waals surface area contributed by atoms with Gasteiger partial charge in [-0.15, -0.1) is 16.4 Å². The number of hydrogen-bond donors (Lipinski definition) is 1. The van der Waals surface area contributed by atoms with Crippen LogP contribution >= 0.6 is 11.3 Å². The van der Waals surface area contributed by atoms with Crippen molar-refractivity contribution in [2.24, 2.45) is 0 Å². The molecule has 0 saturated carbocycles. The Bertz CT molecular complexity index is 1050. The van der Waals surface area contributed by atoms with Gasteiger partial charge in [0, 0.05) is 29.7 Å². The van der Waals surface area contributed by atoms with Gasteiger partial charge >= 0.3 is 0 Å². The molecule has 8 nitrogen and oxygen atoms in total. The number of fused-ring (bicyclic) bond motifs is 1. The van der Waals surface area contributed by atoms with Crippen molar-refractivity contribution < 1.29 is 9.59 Å². The van der Waals surface area contributed by atoms with Gasteiger partial charge < -0.3 is 10.2 Å². The molecule has 0 unspecified atom stereocenters. The number of benzene rings is 1. The minimum Gasteiger partial charge on any atom is -0.349 e. The number of hydrogen-bond acceptors (Lipinski definition) is 6. The third kappa shape index (κ3) is 4.92. The SMILES string of the molecule is CC(C)NC(=O)c1sc2ccccc2c1C[C@H]1CCCCN1C(=O)CCn1cnnn1. The molecule has 1 aliphatic rings. The number of nitrogens with zero attached hydrogens (tertiary/aromatic N) is 5. The van der Waals surface area contributed by atoms with Crippen LogP contribution in [0.1, 0.15) is 54.8 Å². The quantitative estimate of drug-likeness (QED) is 0.610. The average molecular weight is 441 g/mol. The van der Waals surface area contributed by atoms with Gasteiger partial charge in [-0.25, -0.2) is 4.68 Å². The van der Waals surface area contributed by atoms with E-state index in [1.54, 1.807) is 4.68 Å². The van der Waals surface area contributed by atoms with E-state index >= 15 is 0 Å². The molecule has 1 aliphatic heterocycles. The Hall–Kier alpha value is -2.81. The summed E-state index contributed by atoms with van der Waals surface area (Å²) in [6.45, 7) is 5.17. The summed E-state index contributed by atoms with van der Waals surface area (Å²) in [6.07, 6.45) is 5.65. The third-order valence-electron chi connectivity index (χ3n) is 5.66. The van der Waals surface area contributed by atoms with Crippen LogP contribution in [0.4, 0.5) is 0 Å². The molecule has 31 heavy (non-hydrogen) atoms. The lowest BCUT2D eigenvalue weighted by Crippen LogP contribution is -2.45. The lowest BCUT2D eigenvalue weighted by Gasteiger charge is -2.36. The lowest BCUT2D eigenvalue weighted by atomic mass is 9.93. The van der Waals surface area contributed by atoms with E-state index in [2.05, 4.69) is 33.0 Å². The summed E-state index contributed by atoms with van der Waals surface area (Å²) in [5.41, 5.74) is 1.06. The number of tetrazole rings is 1. The first-order valence-corrected chi connectivity index (χ1v) is 11.7. The van der Waals surface area contributed by atoms with Crippen LogP contribution in [0, 0.1) is 0 Å². The first-order chi connectivity index (χ1) is 15.0. The molecule has 0 spiro atoms. The van der Waals surface area contributed by atoms with Crippen LogP contribution in [0.25, 0.3) is 10.1 Å². The second-order valence-corrected chi connectivity index (χ2v) is 9.35. The molecule has 2 aromatic heterocycles. The number of aromatic nitrogens is 4. The van der Waals surface area contributed by atoms with Crippen molar-refractivity contribution in [2.45, 2.75) is 64.6 Å². The van der Waals surface area contributed by atoms with Crippen LogP contribution in [0.5, 0.6) is 0 Å². The molecule has 3 aromatic rings. The zero-order valence-electron chi connectivity index (χ0n) is 18.0. The minimum absolute atomic E-state index is 0.0291. The topological polar surface area (TPSA) is 93.0 Å². The smallest absolute Gasteiger partial charge is 0.261 e. The molecule has 0 radical (unpaired) electrons. The summed E-state index contributed by atoms with van der Waals surface area (Å²) in [7, 11) is 0. The van der Waals surface area contributed by atoms with Gasteiger partial charge in [-0.05, 0) is 67.0 Å². The Morgan fingerprint density at radius 3 is 2.87 bits per heavy atom. The van der Waals surface area contributed by atoms with E-state index < -0.39 is 0 Å². The molecule has 1 atom stereocenters. The van der Waals surface area contributed by atoms with E-state index in [1.165, 1.54) is 17.7 Å². The van der Waals surface area contributed by atoms with E-state index in [0.717, 1.165) is 46.3 Å². The summed E-state index contributed by atoms with van der Waals surface area (Å²) in [5.74, 6) is 0.0893. The highest BCUT2D eigenvalue weighted by Crippen LogP contribution is 2.34. The summed E-state index contributed by atoms with van der Waals surface area (Å²) < 4.78 is 2.69. The highest BCUT2D eigenvalue weighted by Gasteiger charge is 2.29. The van der Waals surface area contributed by atoms with Gasteiger partial charge in [-0.2, -0.15) is 0 Å². The van der Waals surface area contributed by atoms with E-state index in [4.69, 9.17) is 0 Å². The fraction of sp³-hybridized carbons (Fsp3) is 0.500. The molecule has 2 amide bonds. The number of thiophene rings is 1. The fourth-order valence-corrected chi connectivity index (χ4v) is 5.36. The largest absolute Gasteiger partial charge is 0.349 e. The predicted molar refractivity (Wildman–Crippen MR) is 120 cm³/mol. The molecule has 1 aromatic carbocycles. The molecule has 9 heteroatoms. The van der Waals surface area contributed by atoms with E-state index in [1.807, 2.05) is 30.9 Å². The van der Waals surface area contributed by atoms with Crippen molar-refractivity contribution in [3.05, 3.63) is 41.0 Å². The molecule has 0 aliphatic carbocycles. The molecule has 1 saturated heterocycles. The highest BCUT2D eigenvalue weighted by molar-refractivity contribution is 7.21. The van der Waals surface area contributed by atoms with Crippen molar-refractivity contribution in [2.75, 3.05) is 6.54 Å². The van der Waals surface area contributed by atoms with Crippen molar-refractivity contribution in [3.63, 3.8) is 0 Å². The maximum atomic E-state index is 13.0. The number of likely N-dealkylation sites (tertiary alicyclic amines) is 1. The Morgan fingerprint density at radius 2 is 2.10 bits per heavy atom. The minimum atomic E-state index is -0.0291. The summed E-state index contributed by atoms with van der Waals surface area (Å²) in [4.78, 5) is 28.7. The number of piperidine rings is 1. The Balaban J connectivity index is 1.57. The third-order valence-corrected chi connectivity index (χ3v) is 6.87. The van der Waals surface area contributed by atoms with Crippen molar-refractivity contribution in [1.29, 1.82) is 0 Å². The monoisotopic (exact) mass is 440 g/mol. The Kier molecular flexibility index (Phi) is 6.60. The molecule has 1 fully saturated rings. The standard InChI is InChI=1S/C22H28N6O2S/c1-15(2)24-22(30)21-18(17-8-3-4-9-19(17)31-21)13-16-7-5-6-11-28(16)20(29)10-12-27-14-23-25-26-27/h3-4,8-9,14-16H,5-7,10-13H2,1-2H3,(H,24,30)/t16-/m1/s1. The van der Waals surface area contributed by atoms with E-state index in [-0.39, 0.29) is 23.9 Å². The number of carbonyl (C=O) groups excluding carboxylic acids is 2. The van der Waals surface area contributed by atoms with Gasteiger partial charge in [0.15, 0.2) is 0 Å². The number of amides is 2. The fourth-order valence-electron chi connectivity index (χ4n) is 4.23. The van der Waals surface area contributed by atoms with Gasteiger partial charge in [0.2, 0.25) is 5.91 Å². The van der Waals surface area contributed by atoms with Crippen LogP contribution in [-0.4, -0.2) is 55.5 Å². The van der Waals surface area contributed by atoms with Gasteiger partial charge in [0.05, 0.1) is 11.4 Å². The van der Waals surface area contributed by atoms with Crippen LogP contribution in [-0.2, 0) is 17.8 Å². The Labute approximate surface area is 185 Å². The van der Waals surface area contributed by atoms with Crippen molar-refractivity contribution in [1.82, 2.24) is 30.4 Å². The number of nitrogens with one attached hydrogen (secondary N) is 1. The van der Waals surface area contributed by atoms with E-state index in [0.29, 0.717) is 19.4 Å². The molecule has 3 heterocycles. The zero-order valence-corrected chi connectivity index (χ0v) is 18.8. The van der Waals surface area contributed by atoms with Crippen LogP contribution in [0.2, 0.25) is 0 Å². The van der Waals surface area contributed by atoms with Gasteiger partial charge in [0.25, 0.3) is 5.91 Å². The van der Waals surface area contributed by atoms with Crippen molar-refractivity contribution >= 4 is 33.2 Å². The maximum Gasteiger partial charge on any atom is 0.261 e. The normalized spacial score (nSPS) is 16.7. The summed E-state index contributed by atoms with van der Waals surface area (Å²) >= 11 is 1.54. The molecular formula is C22H28N6O2S. The molecule has 0 bridgehead atoms. The zero-order chi connectivity index (χ0) is 21.8. The maximum absolute atomic E-state index is 13.0. The summed E-state index contributed by atoms with van der Waals surface area (Å²) in [6, 6.07) is 8.33. The van der Waals surface area contributed by atoms with Crippen LogP contribution < -0.4 is 5.32 Å². The second kappa shape index (κ2) is 9.55. The van der Waals surface area contributed by atoms with Crippen molar-refractivity contribution in [3.8, 4) is 0 Å². The predicted octanol–water partition coefficient (Wildman–Crippen LogP) is 3.04. The number of rotatable bonds is 7. The first kappa shape index (κ1) is 21.4. The lowest BCUT2D eigenvalue weighted by molar-refractivity contribution is -0.135. The van der Waals surface area contributed by atoms with Gasteiger partial charge in [-0.1, -0.05) is 18.2 Å². The number of aryl methyl sites for hydroxylation is 1. The van der Waals surface area contributed by atoms with Crippen LogP contribution in [0.3, 0.4) is 0 Å². The molecule has 164 valence electrons. The van der Waals surface area contributed by atoms with Gasteiger partial charge in [-0.3, -0.25) is 9.59 Å². The first-order valence-electron chi connectivity index (χ1n) is 10.8.